The summed E-state index contributed by atoms with van der Waals surface area (Å²) < 4.78 is 6.19. The maximum absolute atomic E-state index is 6.19. The lowest BCUT2D eigenvalue weighted by Crippen LogP contribution is -2.28. The third kappa shape index (κ3) is 2.77. The fraction of sp³-hybridized carbons (Fsp3) is 0.600. The predicted octanol–water partition coefficient (Wildman–Crippen LogP) is 4.86. The highest BCUT2D eigenvalue weighted by atomic mass is 35.5. The van der Waals surface area contributed by atoms with Crippen molar-refractivity contribution < 1.29 is 4.74 Å². The summed E-state index contributed by atoms with van der Waals surface area (Å²) in [5.74, 6) is 1.24. The minimum atomic E-state index is 0.253. The molecule has 0 bridgehead atoms. The molecule has 0 spiro atoms. The molecule has 1 saturated carbocycles. The van der Waals surface area contributed by atoms with Crippen LogP contribution >= 0.6 is 22.9 Å². The van der Waals surface area contributed by atoms with E-state index in [9.17, 15) is 0 Å². The van der Waals surface area contributed by atoms with Gasteiger partial charge in [0, 0.05) is 4.88 Å². The summed E-state index contributed by atoms with van der Waals surface area (Å²) in [7, 11) is 0. The first-order valence-electron chi connectivity index (χ1n) is 7.30. The van der Waals surface area contributed by atoms with Crippen LogP contribution < -0.4 is 4.74 Å². The highest BCUT2D eigenvalue weighted by molar-refractivity contribution is 7.18. The highest BCUT2D eigenvalue weighted by Gasteiger charge is 2.24. The van der Waals surface area contributed by atoms with Gasteiger partial charge in [0.15, 0.2) is 0 Å². The Morgan fingerprint density at radius 2 is 2.15 bits per heavy atom. The van der Waals surface area contributed by atoms with Gasteiger partial charge in [0.05, 0.1) is 5.39 Å². The van der Waals surface area contributed by atoms with Crippen LogP contribution in [0.4, 0.5) is 0 Å². The zero-order valence-electron chi connectivity index (χ0n) is 11.9. The minimum Gasteiger partial charge on any atom is -0.473 e. The van der Waals surface area contributed by atoms with Crippen molar-refractivity contribution in [1.82, 2.24) is 9.97 Å². The zero-order valence-corrected chi connectivity index (χ0v) is 13.4. The lowest BCUT2D eigenvalue weighted by Gasteiger charge is -2.28. The Kier molecular flexibility index (Phi) is 4.13. The zero-order chi connectivity index (χ0) is 14.1. The van der Waals surface area contributed by atoms with Crippen molar-refractivity contribution in [3.05, 3.63) is 16.2 Å². The molecular formula is C15H19ClN2OS. The molecule has 2 heterocycles. The van der Waals surface area contributed by atoms with Crippen LogP contribution in [0.1, 0.15) is 44.4 Å². The maximum Gasteiger partial charge on any atom is 0.227 e. The minimum absolute atomic E-state index is 0.253. The van der Waals surface area contributed by atoms with Gasteiger partial charge in [-0.1, -0.05) is 20.3 Å². The number of aromatic nitrogens is 2. The van der Waals surface area contributed by atoms with Crippen LogP contribution in [0, 0.1) is 5.92 Å². The summed E-state index contributed by atoms with van der Waals surface area (Å²) in [6, 6.07) is 2.14. The van der Waals surface area contributed by atoms with E-state index in [1.165, 1.54) is 24.1 Å². The molecule has 5 heteroatoms. The Morgan fingerprint density at radius 3 is 2.90 bits per heavy atom. The first kappa shape index (κ1) is 14.1. The lowest BCUT2D eigenvalue weighted by atomic mass is 9.88. The second kappa shape index (κ2) is 5.86. The van der Waals surface area contributed by atoms with Crippen LogP contribution in [-0.2, 0) is 6.42 Å². The summed E-state index contributed by atoms with van der Waals surface area (Å²) in [5.41, 5.74) is 0. The number of fused-ring (bicyclic) bond motifs is 1. The first-order chi connectivity index (χ1) is 9.67. The monoisotopic (exact) mass is 310 g/mol. The molecule has 0 radical (unpaired) electrons. The number of nitrogens with zero attached hydrogens (tertiary/aromatic N) is 2. The van der Waals surface area contributed by atoms with Gasteiger partial charge in [-0.3, -0.25) is 0 Å². The van der Waals surface area contributed by atoms with Crippen LogP contribution in [-0.4, -0.2) is 16.1 Å². The largest absolute Gasteiger partial charge is 0.473 e. The van der Waals surface area contributed by atoms with E-state index in [0.29, 0.717) is 11.8 Å². The maximum atomic E-state index is 6.19. The SMILES string of the molecule is CCc1cc2c(OC3CCCCC3C)nc(Cl)nc2s1. The second-order valence-corrected chi connectivity index (χ2v) is 6.95. The molecule has 0 saturated heterocycles. The number of halogens is 1. The Hall–Kier alpha value is -0.870. The van der Waals surface area contributed by atoms with E-state index >= 15 is 0 Å². The van der Waals surface area contributed by atoms with Gasteiger partial charge >= 0.3 is 0 Å². The van der Waals surface area contributed by atoms with Crippen LogP contribution in [0.25, 0.3) is 10.2 Å². The smallest absolute Gasteiger partial charge is 0.227 e. The van der Waals surface area contributed by atoms with Gasteiger partial charge in [-0.2, -0.15) is 4.98 Å². The lowest BCUT2D eigenvalue weighted by molar-refractivity contribution is 0.0993. The fourth-order valence-electron chi connectivity index (χ4n) is 2.79. The molecule has 0 amide bonds. The standard InChI is InChI=1S/C15H19ClN2OS/c1-3-10-8-11-13(17-15(16)18-14(11)20-10)19-12-7-5-4-6-9(12)2/h8-9,12H,3-7H2,1-2H3. The Labute approximate surface area is 128 Å². The molecule has 108 valence electrons. The van der Waals surface area contributed by atoms with Gasteiger partial charge in [0.25, 0.3) is 0 Å². The van der Waals surface area contributed by atoms with Crippen molar-refractivity contribution in [1.29, 1.82) is 0 Å². The van der Waals surface area contributed by atoms with E-state index < -0.39 is 0 Å². The number of ether oxygens (including phenoxy) is 1. The number of aryl methyl sites for hydroxylation is 1. The molecule has 1 aliphatic carbocycles. The summed E-state index contributed by atoms with van der Waals surface area (Å²) in [6.07, 6.45) is 6.13. The molecular weight excluding hydrogens is 292 g/mol. The molecule has 1 aliphatic rings. The summed E-state index contributed by atoms with van der Waals surface area (Å²) in [5, 5.41) is 1.29. The molecule has 3 nitrogen and oxygen atoms in total. The molecule has 0 aliphatic heterocycles. The normalized spacial score (nSPS) is 23.1. The highest BCUT2D eigenvalue weighted by Crippen LogP contribution is 2.34. The third-order valence-electron chi connectivity index (χ3n) is 4.03. The molecule has 20 heavy (non-hydrogen) atoms. The Bertz CT molecular complexity index is 613. The van der Waals surface area contributed by atoms with E-state index in [1.54, 1.807) is 11.3 Å². The van der Waals surface area contributed by atoms with Gasteiger partial charge < -0.3 is 4.74 Å². The van der Waals surface area contributed by atoms with E-state index in [2.05, 4.69) is 29.9 Å². The van der Waals surface area contributed by atoms with Crippen molar-refractivity contribution in [3.8, 4) is 5.88 Å². The molecule has 3 rings (SSSR count). The third-order valence-corrected chi connectivity index (χ3v) is 5.37. The van der Waals surface area contributed by atoms with E-state index in [0.717, 1.165) is 23.1 Å². The number of hydrogen-bond donors (Lipinski definition) is 0. The van der Waals surface area contributed by atoms with Gasteiger partial charge in [0.1, 0.15) is 10.9 Å². The molecule has 0 aromatic carbocycles. The van der Waals surface area contributed by atoms with Crippen LogP contribution in [0.15, 0.2) is 6.07 Å². The summed E-state index contributed by atoms with van der Waals surface area (Å²) in [6.45, 7) is 4.40. The van der Waals surface area contributed by atoms with Crippen LogP contribution in [0.5, 0.6) is 5.88 Å². The van der Waals surface area contributed by atoms with Crippen molar-refractivity contribution >= 4 is 33.2 Å². The number of rotatable bonds is 3. The van der Waals surface area contributed by atoms with Crippen molar-refractivity contribution in [2.45, 2.75) is 52.1 Å². The Morgan fingerprint density at radius 1 is 1.35 bits per heavy atom. The molecule has 2 aromatic rings. The van der Waals surface area contributed by atoms with E-state index in [-0.39, 0.29) is 11.4 Å². The molecule has 2 aromatic heterocycles. The van der Waals surface area contributed by atoms with Gasteiger partial charge in [0.2, 0.25) is 11.2 Å². The predicted molar refractivity (Wildman–Crippen MR) is 83.9 cm³/mol. The number of hydrogen-bond acceptors (Lipinski definition) is 4. The van der Waals surface area contributed by atoms with Crippen molar-refractivity contribution in [2.24, 2.45) is 5.92 Å². The van der Waals surface area contributed by atoms with E-state index in [4.69, 9.17) is 16.3 Å². The van der Waals surface area contributed by atoms with Gasteiger partial charge in [-0.15, -0.1) is 11.3 Å². The second-order valence-electron chi connectivity index (χ2n) is 5.50. The Balaban J connectivity index is 1.95. The van der Waals surface area contributed by atoms with Gasteiger partial charge in [-0.25, -0.2) is 4.98 Å². The van der Waals surface area contributed by atoms with Crippen molar-refractivity contribution in [3.63, 3.8) is 0 Å². The van der Waals surface area contributed by atoms with Gasteiger partial charge in [-0.05, 0) is 49.3 Å². The quantitative estimate of drug-likeness (QED) is 0.759. The summed E-state index contributed by atoms with van der Waals surface area (Å²) in [4.78, 5) is 10.8. The van der Waals surface area contributed by atoms with Crippen molar-refractivity contribution in [2.75, 3.05) is 0 Å². The number of thiophene rings is 1. The summed E-state index contributed by atoms with van der Waals surface area (Å²) >= 11 is 7.71. The first-order valence-corrected chi connectivity index (χ1v) is 8.49. The molecule has 2 atom stereocenters. The topological polar surface area (TPSA) is 35.0 Å². The molecule has 1 fully saturated rings. The molecule has 0 N–H and O–H groups in total. The molecule has 2 unspecified atom stereocenters. The average molecular weight is 311 g/mol. The average Bonchev–Trinajstić information content (AvgIpc) is 2.84. The van der Waals surface area contributed by atoms with E-state index in [1.807, 2.05) is 0 Å². The van der Waals surface area contributed by atoms with Crippen LogP contribution in [0.2, 0.25) is 5.28 Å². The fourth-order valence-corrected chi connectivity index (χ4v) is 3.95. The van der Waals surface area contributed by atoms with Crippen LogP contribution in [0.3, 0.4) is 0 Å².